The molecule has 0 saturated carbocycles. The third-order valence-corrected chi connectivity index (χ3v) is 10.9. The van der Waals surface area contributed by atoms with E-state index < -0.39 is 5.41 Å². The molecule has 1 heterocycles. The maximum Gasteiger partial charge on any atom is 0.143 e. The summed E-state index contributed by atoms with van der Waals surface area (Å²) in [7, 11) is 0. The van der Waals surface area contributed by atoms with Crippen molar-refractivity contribution in [1.82, 2.24) is 0 Å². The number of fused-ring (bicyclic) bond motifs is 15. The molecule has 1 aromatic heterocycles. The molecule has 0 bridgehead atoms. The molecule has 2 aliphatic rings. The van der Waals surface area contributed by atoms with E-state index in [-0.39, 0.29) is 0 Å². The Balaban J connectivity index is 1.28. The third kappa shape index (κ3) is 3.25. The third-order valence-electron chi connectivity index (χ3n) is 10.9. The van der Waals surface area contributed by atoms with E-state index in [1.165, 1.54) is 77.5 Å². The fourth-order valence-electron chi connectivity index (χ4n) is 8.90. The second kappa shape index (κ2) is 9.44. The Morgan fingerprint density at radius 2 is 1.02 bits per heavy atom. The van der Waals surface area contributed by atoms with E-state index >= 15 is 0 Å². The minimum absolute atomic E-state index is 0.505. The Labute approximate surface area is 278 Å². The van der Waals surface area contributed by atoms with Crippen molar-refractivity contribution >= 4 is 32.7 Å². The van der Waals surface area contributed by atoms with Crippen LogP contribution >= 0.6 is 0 Å². The lowest BCUT2D eigenvalue weighted by Crippen LogP contribution is -2.26. The number of benzene rings is 8. The largest absolute Gasteiger partial charge is 0.455 e. The average Bonchev–Trinajstić information content (AvgIpc) is 3.78. The van der Waals surface area contributed by atoms with Crippen LogP contribution in [-0.4, -0.2) is 0 Å². The Kier molecular flexibility index (Phi) is 5.10. The number of rotatable bonds is 2. The zero-order chi connectivity index (χ0) is 31.4. The predicted molar refractivity (Wildman–Crippen MR) is 198 cm³/mol. The van der Waals surface area contributed by atoms with E-state index in [9.17, 15) is 0 Å². The second-order valence-corrected chi connectivity index (χ2v) is 13.2. The van der Waals surface area contributed by atoms with Crippen molar-refractivity contribution in [3.8, 4) is 44.5 Å². The van der Waals surface area contributed by atoms with Crippen LogP contribution in [0.2, 0.25) is 0 Å². The van der Waals surface area contributed by atoms with Crippen molar-refractivity contribution < 1.29 is 4.42 Å². The molecule has 1 spiro atoms. The van der Waals surface area contributed by atoms with Gasteiger partial charge in [-0.1, -0.05) is 152 Å². The minimum Gasteiger partial charge on any atom is -0.455 e. The highest BCUT2D eigenvalue weighted by Crippen LogP contribution is 2.64. The summed E-state index contributed by atoms with van der Waals surface area (Å²) in [6, 6.07) is 62.5. The molecule has 48 heavy (non-hydrogen) atoms. The van der Waals surface area contributed by atoms with Gasteiger partial charge in [-0.05, 0) is 90.2 Å². The molecule has 0 aliphatic heterocycles. The molecule has 222 valence electrons. The van der Waals surface area contributed by atoms with Gasteiger partial charge in [0.15, 0.2) is 0 Å². The summed E-state index contributed by atoms with van der Waals surface area (Å²) in [4.78, 5) is 0. The summed E-state index contributed by atoms with van der Waals surface area (Å²) in [5.74, 6) is 0. The van der Waals surface area contributed by atoms with Crippen molar-refractivity contribution in [3.63, 3.8) is 0 Å². The molecule has 1 nitrogen and oxygen atoms in total. The summed E-state index contributed by atoms with van der Waals surface area (Å²) >= 11 is 0. The molecule has 0 radical (unpaired) electrons. The molecule has 8 aromatic carbocycles. The lowest BCUT2D eigenvalue weighted by molar-refractivity contribution is 0.669. The first-order valence-corrected chi connectivity index (χ1v) is 16.7. The predicted octanol–water partition coefficient (Wildman–Crippen LogP) is 12.4. The maximum atomic E-state index is 6.77. The number of furan rings is 1. The number of hydrogen-bond donors (Lipinski definition) is 0. The standard InChI is InChI=1S/C47H28O/c1-2-11-29(12-3-1)31-21-23-35-36-24-22-32(34-18-10-14-30-13-4-5-15-33(30)34)28-43(36)47(42(35)27-31)40-19-8-6-17-39(40)45-41(47)26-25-38-37-16-7-9-20-44(37)48-46(38)45/h1-28H. The van der Waals surface area contributed by atoms with Crippen LogP contribution in [0.5, 0.6) is 0 Å². The van der Waals surface area contributed by atoms with Gasteiger partial charge in [0.25, 0.3) is 0 Å². The highest BCUT2D eigenvalue weighted by molar-refractivity contribution is 6.13. The maximum absolute atomic E-state index is 6.77. The van der Waals surface area contributed by atoms with Crippen molar-refractivity contribution in [1.29, 1.82) is 0 Å². The monoisotopic (exact) mass is 608 g/mol. The van der Waals surface area contributed by atoms with E-state index in [1.54, 1.807) is 0 Å². The van der Waals surface area contributed by atoms with Gasteiger partial charge in [0, 0.05) is 16.3 Å². The van der Waals surface area contributed by atoms with Crippen LogP contribution < -0.4 is 0 Å². The van der Waals surface area contributed by atoms with E-state index in [0.29, 0.717) is 0 Å². The fraction of sp³-hybridized carbons (Fsp3) is 0.0213. The van der Waals surface area contributed by atoms with Crippen LogP contribution in [0.3, 0.4) is 0 Å². The highest BCUT2D eigenvalue weighted by Gasteiger charge is 2.52. The van der Waals surface area contributed by atoms with Crippen LogP contribution in [0.25, 0.3) is 77.2 Å². The summed E-state index contributed by atoms with van der Waals surface area (Å²) in [5, 5.41) is 4.85. The Hall–Kier alpha value is -6.18. The van der Waals surface area contributed by atoms with Gasteiger partial charge in [-0.3, -0.25) is 0 Å². The van der Waals surface area contributed by atoms with Gasteiger partial charge in [-0.2, -0.15) is 0 Å². The smallest absolute Gasteiger partial charge is 0.143 e. The highest BCUT2D eigenvalue weighted by atomic mass is 16.3. The van der Waals surface area contributed by atoms with E-state index in [0.717, 1.165) is 21.9 Å². The normalized spacial score (nSPS) is 15.6. The summed E-state index contributed by atoms with van der Waals surface area (Å²) in [6.45, 7) is 0. The molecular formula is C47H28O. The van der Waals surface area contributed by atoms with E-state index in [4.69, 9.17) is 4.42 Å². The van der Waals surface area contributed by atoms with Crippen LogP contribution in [0.15, 0.2) is 174 Å². The molecule has 1 unspecified atom stereocenters. The first kappa shape index (κ1) is 25.9. The van der Waals surface area contributed by atoms with Crippen molar-refractivity contribution in [2.24, 2.45) is 0 Å². The molecule has 0 N–H and O–H groups in total. The van der Waals surface area contributed by atoms with Gasteiger partial charge in [-0.25, -0.2) is 0 Å². The van der Waals surface area contributed by atoms with Gasteiger partial charge in [0.1, 0.15) is 11.2 Å². The topological polar surface area (TPSA) is 13.1 Å². The average molecular weight is 609 g/mol. The summed E-state index contributed by atoms with van der Waals surface area (Å²) < 4.78 is 6.77. The quantitative estimate of drug-likeness (QED) is 0.190. The summed E-state index contributed by atoms with van der Waals surface area (Å²) in [6.07, 6.45) is 0. The van der Waals surface area contributed by atoms with Gasteiger partial charge in [-0.15, -0.1) is 0 Å². The van der Waals surface area contributed by atoms with Gasteiger partial charge >= 0.3 is 0 Å². The van der Waals surface area contributed by atoms with Crippen LogP contribution in [0.1, 0.15) is 22.3 Å². The molecule has 0 amide bonds. The van der Waals surface area contributed by atoms with E-state index in [2.05, 4.69) is 170 Å². The van der Waals surface area contributed by atoms with Crippen LogP contribution in [-0.2, 0) is 5.41 Å². The van der Waals surface area contributed by atoms with Gasteiger partial charge in [0.2, 0.25) is 0 Å². The minimum atomic E-state index is -0.505. The molecule has 11 rings (SSSR count). The summed E-state index contributed by atoms with van der Waals surface area (Å²) in [5.41, 5.74) is 16.6. The van der Waals surface area contributed by atoms with Gasteiger partial charge < -0.3 is 4.42 Å². The van der Waals surface area contributed by atoms with E-state index in [1.807, 2.05) is 0 Å². The second-order valence-electron chi connectivity index (χ2n) is 13.2. The molecule has 0 fully saturated rings. The van der Waals surface area contributed by atoms with Gasteiger partial charge in [0.05, 0.1) is 5.41 Å². The van der Waals surface area contributed by atoms with Crippen molar-refractivity contribution in [3.05, 3.63) is 192 Å². The zero-order valence-corrected chi connectivity index (χ0v) is 26.1. The Bertz CT molecular complexity index is 2780. The zero-order valence-electron chi connectivity index (χ0n) is 26.1. The van der Waals surface area contributed by atoms with Crippen molar-refractivity contribution in [2.75, 3.05) is 0 Å². The number of hydrogen-bond acceptors (Lipinski definition) is 1. The first-order valence-electron chi connectivity index (χ1n) is 16.7. The van der Waals surface area contributed by atoms with Crippen molar-refractivity contribution in [2.45, 2.75) is 5.41 Å². The molecule has 1 atom stereocenters. The molecular weight excluding hydrogens is 581 g/mol. The first-order chi connectivity index (χ1) is 23.8. The Morgan fingerprint density at radius 3 is 1.90 bits per heavy atom. The Morgan fingerprint density at radius 1 is 0.354 bits per heavy atom. The molecule has 0 saturated heterocycles. The van der Waals surface area contributed by atoms with Crippen LogP contribution in [0, 0.1) is 0 Å². The number of para-hydroxylation sites is 1. The SMILES string of the molecule is c1ccc(-c2ccc3c(c2)C2(c4cc(-c5cccc6ccccc56)ccc4-3)c3ccccc3-c3c2ccc2c3oc3ccccc32)cc1. The van der Waals surface area contributed by atoms with Crippen LogP contribution in [0.4, 0.5) is 0 Å². The molecule has 1 heteroatoms. The fourth-order valence-corrected chi connectivity index (χ4v) is 8.90. The lowest BCUT2D eigenvalue weighted by atomic mass is 9.70. The molecule has 2 aliphatic carbocycles. The lowest BCUT2D eigenvalue weighted by Gasteiger charge is -2.31. The molecule has 9 aromatic rings.